The lowest BCUT2D eigenvalue weighted by atomic mass is 10.2. The Hall–Kier alpha value is -2.75. The van der Waals surface area contributed by atoms with Gasteiger partial charge >= 0.3 is 0 Å². The molecule has 0 aliphatic carbocycles. The van der Waals surface area contributed by atoms with Crippen molar-refractivity contribution in [3.63, 3.8) is 0 Å². The summed E-state index contributed by atoms with van der Waals surface area (Å²) in [5.74, 6) is 1.03. The van der Waals surface area contributed by atoms with Gasteiger partial charge in [-0.05, 0) is 30.3 Å². The van der Waals surface area contributed by atoms with Gasteiger partial charge in [0.25, 0.3) is 0 Å². The van der Waals surface area contributed by atoms with Crippen molar-refractivity contribution >= 4 is 27.3 Å². The summed E-state index contributed by atoms with van der Waals surface area (Å²) in [7, 11) is -2.47. The van der Waals surface area contributed by atoms with Gasteiger partial charge in [-0.1, -0.05) is 17.7 Å². The van der Waals surface area contributed by atoms with Gasteiger partial charge in [-0.25, -0.2) is 8.42 Å². The van der Waals surface area contributed by atoms with E-state index in [2.05, 4.69) is 10.3 Å². The summed E-state index contributed by atoms with van der Waals surface area (Å²) < 4.78 is 48.5. The lowest BCUT2D eigenvalue weighted by molar-refractivity contribution is 0.171. The van der Waals surface area contributed by atoms with Crippen molar-refractivity contribution in [1.82, 2.24) is 4.98 Å². The highest BCUT2D eigenvalue weighted by molar-refractivity contribution is 7.91. The maximum Gasteiger partial charge on any atom is 0.233 e. The summed E-state index contributed by atoms with van der Waals surface area (Å²) in [6, 6.07) is 11.3. The number of oxazole rings is 1. The highest BCUT2D eigenvalue weighted by atomic mass is 35.5. The van der Waals surface area contributed by atoms with Crippen LogP contribution < -0.4 is 14.8 Å². The van der Waals surface area contributed by atoms with E-state index < -0.39 is 9.84 Å². The SMILES string of the molecule is COCCNc1oc(-c2cccc(Cl)c2)nc1S(=O)(=O)c1ccc2c(c1)OCCO2. The van der Waals surface area contributed by atoms with Crippen molar-refractivity contribution in [3.05, 3.63) is 47.5 Å². The second-order valence-corrected chi connectivity index (χ2v) is 8.69. The van der Waals surface area contributed by atoms with E-state index in [0.29, 0.717) is 48.5 Å². The third-order valence-corrected chi connectivity index (χ3v) is 6.23. The summed E-state index contributed by atoms with van der Waals surface area (Å²) >= 11 is 6.05. The van der Waals surface area contributed by atoms with Crippen LogP contribution in [0.25, 0.3) is 11.5 Å². The molecule has 30 heavy (non-hydrogen) atoms. The molecule has 8 nitrogen and oxygen atoms in total. The predicted octanol–water partition coefficient (Wildman–Crippen LogP) is 3.66. The molecule has 0 bridgehead atoms. The number of hydrogen-bond donors (Lipinski definition) is 1. The number of rotatable bonds is 7. The Labute approximate surface area is 178 Å². The first kappa shape index (κ1) is 20.5. The molecule has 1 N–H and O–H groups in total. The van der Waals surface area contributed by atoms with Crippen LogP contribution in [0.5, 0.6) is 11.5 Å². The van der Waals surface area contributed by atoms with Crippen LogP contribution in [0.3, 0.4) is 0 Å². The van der Waals surface area contributed by atoms with Crippen LogP contribution in [-0.2, 0) is 14.6 Å². The van der Waals surface area contributed by atoms with Gasteiger partial charge in [0, 0.05) is 30.3 Å². The molecule has 0 spiro atoms. The molecule has 0 amide bonds. The lowest BCUT2D eigenvalue weighted by Crippen LogP contribution is -2.16. The molecule has 1 aliphatic rings. The second-order valence-electron chi connectivity index (χ2n) is 6.39. The second kappa shape index (κ2) is 8.55. The van der Waals surface area contributed by atoms with Gasteiger partial charge in [0.15, 0.2) is 11.5 Å². The van der Waals surface area contributed by atoms with Crippen LogP contribution >= 0.6 is 11.6 Å². The van der Waals surface area contributed by atoms with E-state index in [1.165, 1.54) is 12.1 Å². The Bertz CT molecular complexity index is 1160. The Balaban J connectivity index is 1.77. The first-order valence-corrected chi connectivity index (χ1v) is 11.0. The number of fused-ring (bicyclic) bond motifs is 1. The monoisotopic (exact) mass is 450 g/mol. The number of methoxy groups -OCH3 is 1. The molecule has 1 aliphatic heterocycles. The maximum atomic E-state index is 13.4. The van der Waals surface area contributed by atoms with Gasteiger partial charge in [-0.3, -0.25) is 0 Å². The lowest BCUT2D eigenvalue weighted by Gasteiger charge is -2.18. The molecule has 0 saturated heterocycles. The molecule has 158 valence electrons. The number of hydrogen-bond acceptors (Lipinski definition) is 8. The molecule has 3 aromatic rings. The van der Waals surface area contributed by atoms with E-state index >= 15 is 0 Å². The first-order valence-electron chi connectivity index (χ1n) is 9.13. The number of aromatic nitrogens is 1. The number of halogens is 1. The van der Waals surface area contributed by atoms with Crippen molar-refractivity contribution in [2.45, 2.75) is 9.92 Å². The highest BCUT2D eigenvalue weighted by Crippen LogP contribution is 2.37. The standard InChI is InChI=1S/C20H19ClN2O6S/c1-26-8-7-22-19-20(23-18(29-19)13-3-2-4-14(21)11-13)30(24,25)15-5-6-16-17(12-15)28-10-9-27-16/h2-6,11-12,22H,7-10H2,1H3. The minimum Gasteiger partial charge on any atom is -0.486 e. The van der Waals surface area contributed by atoms with Gasteiger partial charge in [-0.2, -0.15) is 4.98 Å². The largest absolute Gasteiger partial charge is 0.486 e. The number of anilines is 1. The molecule has 10 heteroatoms. The van der Waals surface area contributed by atoms with Crippen LogP contribution in [0, 0.1) is 0 Å². The number of nitrogens with zero attached hydrogens (tertiary/aromatic N) is 1. The van der Waals surface area contributed by atoms with Crippen LogP contribution in [0.1, 0.15) is 0 Å². The van der Waals surface area contributed by atoms with E-state index in [-0.39, 0.29) is 21.7 Å². The van der Waals surface area contributed by atoms with E-state index in [1.807, 2.05) is 0 Å². The van der Waals surface area contributed by atoms with Crippen molar-refractivity contribution in [2.75, 3.05) is 38.8 Å². The molecule has 0 fully saturated rings. The third kappa shape index (κ3) is 4.09. The van der Waals surface area contributed by atoms with Crippen molar-refractivity contribution in [3.8, 4) is 23.0 Å². The van der Waals surface area contributed by atoms with Gasteiger partial charge in [0.2, 0.25) is 26.6 Å². The van der Waals surface area contributed by atoms with Crippen LogP contribution in [0.4, 0.5) is 5.88 Å². The Morgan fingerprint density at radius 2 is 1.93 bits per heavy atom. The topological polar surface area (TPSA) is 99.9 Å². The van der Waals surface area contributed by atoms with E-state index in [1.54, 1.807) is 37.4 Å². The average molecular weight is 451 g/mol. The number of benzene rings is 2. The zero-order valence-electron chi connectivity index (χ0n) is 16.1. The quantitative estimate of drug-likeness (QED) is 0.544. The van der Waals surface area contributed by atoms with Crippen LogP contribution in [0.15, 0.2) is 56.8 Å². The molecule has 0 saturated carbocycles. The molecule has 0 atom stereocenters. The zero-order chi connectivity index (χ0) is 21.1. The van der Waals surface area contributed by atoms with E-state index in [9.17, 15) is 8.42 Å². The summed E-state index contributed by atoms with van der Waals surface area (Å²) in [6.45, 7) is 1.46. The molecule has 4 rings (SSSR count). The maximum absolute atomic E-state index is 13.4. The first-order chi connectivity index (χ1) is 14.5. The highest BCUT2D eigenvalue weighted by Gasteiger charge is 2.30. The normalized spacial score (nSPS) is 13.3. The fourth-order valence-electron chi connectivity index (χ4n) is 2.91. The smallest absolute Gasteiger partial charge is 0.233 e. The predicted molar refractivity (Wildman–Crippen MR) is 110 cm³/mol. The van der Waals surface area contributed by atoms with Gasteiger partial charge in [0.05, 0.1) is 11.5 Å². The number of sulfone groups is 1. The summed E-state index contributed by atoms with van der Waals surface area (Å²) in [6.07, 6.45) is 0. The Morgan fingerprint density at radius 3 is 2.70 bits per heavy atom. The molecule has 0 unspecified atom stereocenters. The molecule has 2 heterocycles. The Morgan fingerprint density at radius 1 is 1.13 bits per heavy atom. The van der Waals surface area contributed by atoms with Gasteiger partial charge in [-0.15, -0.1) is 0 Å². The van der Waals surface area contributed by atoms with Gasteiger partial charge in [0.1, 0.15) is 13.2 Å². The van der Waals surface area contributed by atoms with E-state index in [0.717, 1.165) is 0 Å². The Kier molecular flexibility index (Phi) is 5.85. The zero-order valence-corrected chi connectivity index (χ0v) is 17.6. The summed E-state index contributed by atoms with van der Waals surface area (Å²) in [4.78, 5) is 4.29. The molecular weight excluding hydrogens is 432 g/mol. The fraction of sp³-hybridized carbons (Fsp3) is 0.250. The van der Waals surface area contributed by atoms with Crippen LogP contribution in [0.2, 0.25) is 5.02 Å². The molecular formula is C20H19ClN2O6S. The third-order valence-electron chi connectivity index (χ3n) is 4.34. The molecule has 1 aromatic heterocycles. The average Bonchev–Trinajstić information content (AvgIpc) is 3.19. The molecule has 2 aromatic carbocycles. The van der Waals surface area contributed by atoms with Crippen molar-refractivity contribution in [2.24, 2.45) is 0 Å². The van der Waals surface area contributed by atoms with Crippen molar-refractivity contribution in [1.29, 1.82) is 0 Å². The number of nitrogens with one attached hydrogen (secondary N) is 1. The van der Waals surface area contributed by atoms with E-state index in [4.69, 9.17) is 30.2 Å². The number of ether oxygens (including phenoxy) is 3. The summed E-state index contributed by atoms with van der Waals surface area (Å²) in [5, 5.41) is 3.19. The van der Waals surface area contributed by atoms with Crippen molar-refractivity contribution < 1.29 is 27.0 Å². The van der Waals surface area contributed by atoms with Gasteiger partial charge < -0.3 is 23.9 Å². The minimum absolute atomic E-state index is 0.0208. The molecule has 0 radical (unpaired) electrons. The fourth-order valence-corrected chi connectivity index (χ4v) is 4.40. The van der Waals surface area contributed by atoms with Crippen LogP contribution in [-0.4, -0.2) is 46.9 Å². The summed E-state index contributed by atoms with van der Waals surface area (Å²) in [5.41, 5.74) is 0.556. The minimum atomic E-state index is -4.01.